The van der Waals surface area contributed by atoms with Crippen molar-refractivity contribution in [1.29, 1.82) is 0 Å². The number of carbonyl (C=O) groups is 2. The second-order valence-electron chi connectivity index (χ2n) is 5.20. The van der Waals surface area contributed by atoms with Gasteiger partial charge in [0.15, 0.2) is 5.69 Å². The first-order valence-corrected chi connectivity index (χ1v) is 7.04. The maximum atomic E-state index is 12.7. The van der Waals surface area contributed by atoms with Crippen LogP contribution in [0.15, 0.2) is 41.1 Å². The van der Waals surface area contributed by atoms with Gasteiger partial charge in [0.1, 0.15) is 12.3 Å². The molecule has 1 N–H and O–H groups in total. The van der Waals surface area contributed by atoms with E-state index in [9.17, 15) is 22.8 Å². The smallest absolute Gasteiger partial charge is 0.364 e. The molecular weight excluding hydrogens is 327 g/mol. The first kappa shape index (κ1) is 16.0. The summed E-state index contributed by atoms with van der Waals surface area (Å²) in [5.74, 6) is -0.985. The predicted octanol–water partition coefficient (Wildman–Crippen LogP) is 2.01. The second kappa shape index (κ2) is 5.99. The molecule has 6 nitrogen and oxygen atoms in total. The second-order valence-corrected chi connectivity index (χ2v) is 5.20. The molecule has 1 aliphatic heterocycles. The van der Waals surface area contributed by atoms with Crippen LogP contribution >= 0.6 is 0 Å². The maximum absolute atomic E-state index is 12.7. The lowest BCUT2D eigenvalue weighted by Gasteiger charge is -2.34. The van der Waals surface area contributed by atoms with Gasteiger partial charge in [0.05, 0.1) is 5.56 Å². The number of aromatic nitrogens is 1. The zero-order valence-electron chi connectivity index (χ0n) is 12.2. The van der Waals surface area contributed by atoms with Crippen LogP contribution in [0.4, 0.5) is 13.2 Å². The lowest BCUT2D eigenvalue weighted by atomic mass is 10.0. The standard InChI is InChI=1S/C15H12F3N3O3/c16-15(17,18)10-3-1-9(2-4-10)12-13(22)19-6-7-21(12)14(23)11-5-8-24-20-11/h1-5,8,12H,6-7H2,(H,19,22). The van der Waals surface area contributed by atoms with Crippen molar-refractivity contribution < 1.29 is 27.3 Å². The third-order valence-electron chi connectivity index (χ3n) is 3.68. The summed E-state index contributed by atoms with van der Waals surface area (Å²) < 4.78 is 42.6. The zero-order chi connectivity index (χ0) is 17.3. The van der Waals surface area contributed by atoms with Crippen molar-refractivity contribution in [2.75, 3.05) is 13.1 Å². The number of nitrogens with one attached hydrogen (secondary N) is 1. The first-order chi connectivity index (χ1) is 11.4. The molecule has 24 heavy (non-hydrogen) atoms. The summed E-state index contributed by atoms with van der Waals surface area (Å²) in [7, 11) is 0. The zero-order valence-corrected chi connectivity index (χ0v) is 12.2. The van der Waals surface area contributed by atoms with Gasteiger partial charge in [-0.3, -0.25) is 9.59 Å². The Hall–Kier alpha value is -2.84. The molecule has 1 fully saturated rings. The number of rotatable bonds is 2. The summed E-state index contributed by atoms with van der Waals surface area (Å²) >= 11 is 0. The number of nitrogens with zero attached hydrogens (tertiary/aromatic N) is 2. The van der Waals surface area contributed by atoms with E-state index in [1.807, 2.05) is 0 Å². The molecule has 0 bridgehead atoms. The minimum atomic E-state index is -4.47. The van der Waals surface area contributed by atoms with Crippen LogP contribution in [-0.4, -0.2) is 35.0 Å². The van der Waals surface area contributed by atoms with Crippen molar-refractivity contribution in [2.24, 2.45) is 0 Å². The average molecular weight is 339 g/mol. The first-order valence-electron chi connectivity index (χ1n) is 7.04. The van der Waals surface area contributed by atoms with Crippen LogP contribution in [0.3, 0.4) is 0 Å². The normalized spacial score (nSPS) is 18.4. The molecule has 1 atom stereocenters. The van der Waals surface area contributed by atoms with Gasteiger partial charge in [-0.1, -0.05) is 17.3 Å². The largest absolute Gasteiger partial charge is 0.416 e. The van der Waals surface area contributed by atoms with Crippen molar-refractivity contribution in [1.82, 2.24) is 15.4 Å². The number of hydrogen-bond acceptors (Lipinski definition) is 4. The van der Waals surface area contributed by atoms with E-state index in [-0.39, 0.29) is 24.3 Å². The third-order valence-corrected chi connectivity index (χ3v) is 3.68. The van der Waals surface area contributed by atoms with Gasteiger partial charge in [-0.15, -0.1) is 0 Å². The Kier molecular flexibility index (Phi) is 4.00. The Bertz CT molecular complexity index is 742. The van der Waals surface area contributed by atoms with Gasteiger partial charge in [-0.05, 0) is 17.7 Å². The minimum Gasteiger partial charge on any atom is -0.364 e. The molecule has 2 aromatic rings. The SMILES string of the molecule is O=C1NCCN(C(=O)c2ccon2)C1c1ccc(C(F)(F)F)cc1. The third kappa shape index (κ3) is 2.97. The van der Waals surface area contributed by atoms with E-state index in [0.29, 0.717) is 0 Å². The fourth-order valence-electron chi connectivity index (χ4n) is 2.54. The number of carbonyl (C=O) groups excluding carboxylic acids is 2. The maximum Gasteiger partial charge on any atom is 0.416 e. The molecule has 2 amide bonds. The van der Waals surface area contributed by atoms with E-state index < -0.39 is 29.6 Å². The van der Waals surface area contributed by atoms with E-state index >= 15 is 0 Å². The highest BCUT2D eigenvalue weighted by molar-refractivity contribution is 5.97. The molecule has 0 aliphatic carbocycles. The summed E-state index contributed by atoms with van der Waals surface area (Å²) in [6, 6.07) is 4.50. The fourth-order valence-corrected chi connectivity index (χ4v) is 2.54. The lowest BCUT2D eigenvalue weighted by molar-refractivity contribution is -0.137. The number of amides is 2. The van der Waals surface area contributed by atoms with Crippen LogP contribution in [0.2, 0.25) is 0 Å². The molecule has 1 aromatic carbocycles. The summed E-state index contributed by atoms with van der Waals surface area (Å²) in [5, 5.41) is 6.15. The molecule has 1 saturated heterocycles. The molecule has 3 rings (SSSR count). The van der Waals surface area contributed by atoms with Crippen molar-refractivity contribution in [3.8, 4) is 0 Å². The van der Waals surface area contributed by atoms with Gasteiger partial charge in [0.2, 0.25) is 5.91 Å². The van der Waals surface area contributed by atoms with Crippen LogP contribution in [0, 0.1) is 0 Å². The van der Waals surface area contributed by atoms with Crippen molar-refractivity contribution in [2.45, 2.75) is 12.2 Å². The average Bonchev–Trinajstić information content (AvgIpc) is 3.08. The van der Waals surface area contributed by atoms with Gasteiger partial charge in [0.25, 0.3) is 5.91 Å². The van der Waals surface area contributed by atoms with Gasteiger partial charge in [-0.2, -0.15) is 13.2 Å². The van der Waals surface area contributed by atoms with Crippen LogP contribution in [0.25, 0.3) is 0 Å². The Labute approximate surface area is 134 Å². The molecule has 1 aliphatic rings. The number of piperazine rings is 1. The van der Waals surface area contributed by atoms with Gasteiger partial charge in [-0.25, -0.2) is 0 Å². The highest BCUT2D eigenvalue weighted by Gasteiger charge is 2.36. The summed E-state index contributed by atoms with van der Waals surface area (Å²) in [4.78, 5) is 25.9. The predicted molar refractivity (Wildman–Crippen MR) is 74.7 cm³/mol. The summed E-state index contributed by atoms with van der Waals surface area (Å²) in [6.45, 7) is 0.461. The monoisotopic (exact) mass is 339 g/mol. The number of alkyl halides is 3. The van der Waals surface area contributed by atoms with Crippen LogP contribution in [0.1, 0.15) is 27.7 Å². The molecule has 0 saturated carbocycles. The topological polar surface area (TPSA) is 75.4 Å². The lowest BCUT2D eigenvalue weighted by Crippen LogP contribution is -2.52. The number of benzene rings is 1. The van der Waals surface area contributed by atoms with E-state index in [0.717, 1.165) is 12.1 Å². The van der Waals surface area contributed by atoms with Crippen LogP contribution in [0.5, 0.6) is 0 Å². The molecule has 0 spiro atoms. The number of hydrogen-bond donors (Lipinski definition) is 1. The van der Waals surface area contributed by atoms with Crippen molar-refractivity contribution in [3.05, 3.63) is 53.4 Å². The summed E-state index contributed by atoms with van der Waals surface area (Å²) in [5.41, 5.74) is -0.504. The Morgan fingerprint density at radius 1 is 1.25 bits per heavy atom. The highest BCUT2D eigenvalue weighted by Crippen LogP contribution is 2.31. The van der Waals surface area contributed by atoms with Gasteiger partial charge >= 0.3 is 6.18 Å². The van der Waals surface area contributed by atoms with E-state index in [1.165, 1.54) is 29.4 Å². The molecule has 9 heteroatoms. The fraction of sp³-hybridized carbons (Fsp3) is 0.267. The minimum absolute atomic E-state index is 0.0293. The van der Waals surface area contributed by atoms with E-state index in [4.69, 9.17) is 0 Å². The van der Waals surface area contributed by atoms with E-state index in [1.54, 1.807) is 0 Å². The Morgan fingerprint density at radius 2 is 1.96 bits per heavy atom. The van der Waals surface area contributed by atoms with Crippen LogP contribution < -0.4 is 5.32 Å². The molecule has 126 valence electrons. The van der Waals surface area contributed by atoms with Gasteiger partial charge in [0, 0.05) is 19.2 Å². The number of halogens is 3. The molecule has 1 aromatic heterocycles. The summed E-state index contributed by atoms with van der Waals surface area (Å²) in [6.07, 6.45) is -3.24. The molecular formula is C15H12F3N3O3. The Morgan fingerprint density at radius 3 is 2.54 bits per heavy atom. The van der Waals surface area contributed by atoms with Crippen molar-refractivity contribution >= 4 is 11.8 Å². The van der Waals surface area contributed by atoms with Crippen LogP contribution in [-0.2, 0) is 11.0 Å². The molecule has 0 radical (unpaired) electrons. The van der Waals surface area contributed by atoms with E-state index in [2.05, 4.69) is 15.0 Å². The molecule has 2 heterocycles. The van der Waals surface area contributed by atoms with Gasteiger partial charge < -0.3 is 14.7 Å². The Balaban J connectivity index is 1.92. The molecule has 1 unspecified atom stereocenters. The highest BCUT2D eigenvalue weighted by atomic mass is 19.4. The van der Waals surface area contributed by atoms with Crippen molar-refractivity contribution in [3.63, 3.8) is 0 Å². The quantitative estimate of drug-likeness (QED) is 0.908.